The molecule has 0 aliphatic heterocycles. The van der Waals surface area contributed by atoms with Crippen molar-refractivity contribution in [2.24, 2.45) is 0 Å². The van der Waals surface area contributed by atoms with Gasteiger partial charge in [-0.1, -0.05) is 6.92 Å². The van der Waals surface area contributed by atoms with Gasteiger partial charge in [0.15, 0.2) is 0 Å². The van der Waals surface area contributed by atoms with Crippen LogP contribution in [0, 0.1) is 0 Å². The minimum Gasteiger partial charge on any atom is -0.472 e. The summed E-state index contributed by atoms with van der Waals surface area (Å²) < 4.78 is 10.4. The highest BCUT2D eigenvalue weighted by molar-refractivity contribution is 5.49. The fourth-order valence-electron chi connectivity index (χ4n) is 1.31. The smallest absolute Gasteiger partial charge is 0.251 e. The van der Waals surface area contributed by atoms with E-state index in [4.69, 9.17) is 8.83 Å². The fourth-order valence-corrected chi connectivity index (χ4v) is 1.31. The van der Waals surface area contributed by atoms with Crippen LogP contribution in [0.25, 0.3) is 11.5 Å². The molecule has 15 heavy (non-hydrogen) atoms. The Hall–Kier alpha value is -1.62. The number of hydrogen-bond acceptors (Lipinski definition) is 5. The minimum absolute atomic E-state index is 0.0724. The van der Waals surface area contributed by atoms with Crippen LogP contribution in [0.2, 0.25) is 0 Å². The van der Waals surface area contributed by atoms with E-state index in [2.05, 4.69) is 15.5 Å². The average molecular weight is 207 g/mol. The standard InChI is InChI=1S/C10H13N3O2/c1-3-11-7(2)9-12-13-10(15-9)8-4-5-14-6-8/h4-7,11H,3H2,1-2H3. The molecule has 2 heterocycles. The number of rotatable bonds is 4. The molecule has 1 unspecified atom stereocenters. The molecule has 0 bridgehead atoms. The Morgan fingerprint density at radius 3 is 3.00 bits per heavy atom. The second-order valence-corrected chi connectivity index (χ2v) is 3.24. The maximum absolute atomic E-state index is 5.50. The highest BCUT2D eigenvalue weighted by Gasteiger charge is 2.14. The van der Waals surface area contributed by atoms with Crippen molar-refractivity contribution in [3.8, 4) is 11.5 Å². The first-order valence-electron chi connectivity index (χ1n) is 4.90. The van der Waals surface area contributed by atoms with E-state index in [9.17, 15) is 0 Å². The van der Waals surface area contributed by atoms with E-state index in [1.807, 2.05) is 13.8 Å². The molecule has 0 fully saturated rings. The van der Waals surface area contributed by atoms with Gasteiger partial charge in [0.1, 0.15) is 6.26 Å². The lowest BCUT2D eigenvalue weighted by molar-refractivity contribution is 0.428. The lowest BCUT2D eigenvalue weighted by atomic mass is 10.3. The first-order valence-corrected chi connectivity index (χ1v) is 4.90. The highest BCUT2D eigenvalue weighted by atomic mass is 16.4. The second kappa shape index (κ2) is 4.27. The summed E-state index contributed by atoms with van der Waals surface area (Å²) in [6, 6.07) is 1.86. The van der Waals surface area contributed by atoms with E-state index in [1.165, 1.54) is 0 Å². The Balaban J connectivity index is 2.17. The first kappa shape index (κ1) is 9.92. The van der Waals surface area contributed by atoms with Gasteiger partial charge in [0.05, 0.1) is 17.9 Å². The zero-order valence-corrected chi connectivity index (χ0v) is 8.73. The van der Waals surface area contributed by atoms with Gasteiger partial charge in [-0.05, 0) is 19.5 Å². The molecule has 0 amide bonds. The van der Waals surface area contributed by atoms with Crippen LogP contribution < -0.4 is 5.32 Å². The van der Waals surface area contributed by atoms with Crippen LogP contribution in [0.15, 0.2) is 27.4 Å². The second-order valence-electron chi connectivity index (χ2n) is 3.24. The summed E-state index contributed by atoms with van der Waals surface area (Å²) >= 11 is 0. The highest BCUT2D eigenvalue weighted by Crippen LogP contribution is 2.20. The van der Waals surface area contributed by atoms with E-state index in [0.29, 0.717) is 11.8 Å². The topological polar surface area (TPSA) is 64.1 Å². The Morgan fingerprint density at radius 1 is 1.47 bits per heavy atom. The summed E-state index contributed by atoms with van der Waals surface area (Å²) in [6.07, 6.45) is 3.15. The third kappa shape index (κ3) is 2.07. The summed E-state index contributed by atoms with van der Waals surface area (Å²) in [4.78, 5) is 0. The number of hydrogen-bond donors (Lipinski definition) is 1. The number of aromatic nitrogens is 2. The zero-order chi connectivity index (χ0) is 10.7. The van der Waals surface area contributed by atoms with Crippen molar-refractivity contribution in [3.63, 3.8) is 0 Å². The van der Waals surface area contributed by atoms with Crippen molar-refractivity contribution in [3.05, 3.63) is 24.5 Å². The van der Waals surface area contributed by atoms with Crippen LogP contribution in [0.1, 0.15) is 25.8 Å². The molecule has 5 heteroatoms. The van der Waals surface area contributed by atoms with E-state index < -0.39 is 0 Å². The normalized spacial score (nSPS) is 12.9. The molecular formula is C10H13N3O2. The minimum atomic E-state index is 0.0724. The predicted molar refractivity (Wildman–Crippen MR) is 54.1 cm³/mol. The summed E-state index contributed by atoms with van der Waals surface area (Å²) in [5.74, 6) is 1.08. The van der Waals surface area contributed by atoms with Crippen molar-refractivity contribution in [2.45, 2.75) is 19.9 Å². The molecule has 2 aromatic heterocycles. The van der Waals surface area contributed by atoms with Gasteiger partial charge in [-0.3, -0.25) is 0 Å². The van der Waals surface area contributed by atoms with Gasteiger partial charge < -0.3 is 14.2 Å². The molecular weight excluding hydrogens is 194 g/mol. The molecule has 5 nitrogen and oxygen atoms in total. The molecule has 0 radical (unpaired) electrons. The Morgan fingerprint density at radius 2 is 2.33 bits per heavy atom. The van der Waals surface area contributed by atoms with Gasteiger partial charge >= 0.3 is 0 Å². The summed E-state index contributed by atoms with van der Waals surface area (Å²) in [7, 11) is 0. The third-order valence-electron chi connectivity index (χ3n) is 2.09. The van der Waals surface area contributed by atoms with Gasteiger partial charge in [-0.25, -0.2) is 0 Å². The summed E-state index contributed by atoms with van der Waals surface area (Å²) in [5, 5.41) is 11.1. The van der Waals surface area contributed by atoms with E-state index >= 15 is 0 Å². The van der Waals surface area contributed by atoms with E-state index in [-0.39, 0.29) is 6.04 Å². The zero-order valence-electron chi connectivity index (χ0n) is 8.73. The van der Waals surface area contributed by atoms with Crippen molar-refractivity contribution in [1.82, 2.24) is 15.5 Å². The average Bonchev–Trinajstić information content (AvgIpc) is 2.89. The number of nitrogens with one attached hydrogen (secondary N) is 1. The third-order valence-corrected chi connectivity index (χ3v) is 2.09. The number of nitrogens with zero attached hydrogens (tertiary/aromatic N) is 2. The molecule has 80 valence electrons. The molecule has 0 saturated carbocycles. The van der Waals surface area contributed by atoms with Crippen LogP contribution in [0.5, 0.6) is 0 Å². The first-order chi connectivity index (χ1) is 7.31. The van der Waals surface area contributed by atoms with Gasteiger partial charge in [0.25, 0.3) is 5.89 Å². The Bertz CT molecular complexity index is 408. The molecule has 2 rings (SSSR count). The van der Waals surface area contributed by atoms with Crippen LogP contribution in [0.4, 0.5) is 0 Å². The van der Waals surface area contributed by atoms with Crippen LogP contribution >= 0.6 is 0 Å². The SMILES string of the molecule is CCNC(C)c1nnc(-c2ccoc2)o1. The molecule has 0 aliphatic carbocycles. The molecule has 1 atom stereocenters. The van der Waals surface area contributed by atoms with Gasteiger partial charge in [0, 0.05) is 0 Å². The Kier molecular flexibility index (Phi) is 2.82. The van der Waals surface area contributed by atoms with E-state index in [1.54, 1.807) is 18.6 Å². The van der Waals surface area contributed by atoms with Crippen LogP contribution in [0.3, 0.4) is 0 Å². The lowest BCUT2D eigenvalue weighted by Crippen LogP contribution is -2.17. The molecule has 1 N–H and O–H groups in total. The monoisotopic (exact) mass is 207 g/mol. The molecule has 0 spiro atoms. The molecule has 0 aromatic carbocycles. The molecule has 2 aromatic rings. The van der Waals surface area contributed by atoms with Crippen LogP contribution in [-0.4, -0.2) is 16.7 Å². The molecule has 0 saturated heterocycles. The van der Waals surface area contributed by atoms with Crippen molar-refractivity contribution in [2.75, 3.05) is 6.54 Å². The lowest BCUT2D eigenvalue weighted by Gasteiger charge is -2.05. The maximum Gasteiger partial charge on any atom is 0.251 e. The van der Waals surface area contributed by atoms with E-state index in [0.717, 1.165) is 12.1 Å². The largest absolute Gasteiger partial charge is 0.472 e. The number of furan rings is 1. The fraction of sp³-hybridized carbons (Fsp3) is 0.400. The van der Waals surface area contributed by atoms with Gasteiger partial charge in [0.2, 0.25) is 5.89 Å². The maximum atomic E-state index is 5.50. The van der Waals surface area contributed by atoms with Gasteiger partial charge in [-0.2, -0.15) is 0 Å². The summed E-state index contributed by atoms with van der Waals surface area (Å²) in [5.41, 5.74) is 0.803. The van der Waals surface area contributed by atoms with Crippen LogP contribution in [-0.2, 0) is 0 Å². The Labute approximate surface area is 87.5 Å². The van der Waals surface area contributed by atoms with Crippen molar-refractivity contribution in [1.29, 1.82) is 0 Å². The van der Waals surface area contributed by atoms with Crippen molar-refractivity contribution >= 4 is 0 Å². The van der Waals surface area contributed by atoms with Gasteiger partial charge in [-0.15, -0.1) is 10.2 Å². The molecule has 0 aliphatic rings. The quantitative estimate of drug-likeness (QED) is 0.830. The summed E-state index contributed by atoms with van der Waals surface area (Å²) in [6.45, 7) is 4.88. The van der Waals surface area contributed by atoms with Crippen molar-refractivity contribution < 1.29 is 8.83 Å². The predicted octanol–water partition coefficient (Wildman–Crippen LogP) is 2.00.